The van der Waals surface area contributed by atoms with Crippen LogP contribution in [0.4, 0.5) is 0 Å². The number of nitrogens with one attached hydrogen (secondary N) is 1. The van der Waals surface area contributed by atoms with E-state index in [0.717, 1.165) is 5.56 Å². The Balaban J connectivity index is 2.10. The Labute approximate surface area is 111 Å². The van der Waals surface area contributed by atoms with Crippen molar-refractivity contribution in [1.82, 2.24) is 9.88 Å². The maximum atomic E-state index is 12.0. The number of nitrogens with zero attached hydrogens (tertiary/aromatic N) is 1. The van der Waals surface area contributed by atoms with E-state index in [9.17, 15) is 4.79 Å². The van der Waals surface area contributed by atoms with Gasteiger partial charge in [0.2, 0.25) is 0 Å². The molecule has 2 rings (SSSR count). The van der Waals surface area contributed by atoms with Crippen LogP contribution in [0.25, 0.3) is 0 Å². The number of benzene rings is 1. The molecule has 0 bridgehead atoms. The molecule has 1 atom stereocenters. The van der Waals surface area contributed by atoms with E-state index in [4.69, 9.17) is 11.6 Å². The van der Waals surface area contributed by atoms with Gasteiger partial charge in [0.1, 0.15) is 5.69 Å². The highest BCUT2D eigenvalue weighted by Gasteiger charge is 2.13. The van der Waals surface area contributed by atoms with E-state index >= 15 is 0 Å². The molecular weight excluding hydrogens is 248 g/mol. The predicted octanol–water partition coefficient (Wildman–Crippen LogP) is 3.17. The average molecular weight is 263 g/mol. The molecular formula is C14H15ClN2O. The molecule has 0 aliphatic rings. The van der Waals surface area contributed by atoms with E-state index in [1.807, 2.05) is 50.5 Å². The zero-order chi connectivity index (χ0) is 13.1. The summed E-state index contributed by atoms with van der Waals surface area (Å²) in [5.41, 5.74) is 1.63. The zero-order valence-electron chi connectivity index (χ0n) is 10.4. The Morgan fingerprint density at radius 3 is 2.72 bits per heavy atom. The Hall–Kier alpha value is -1.74. The number of aromatic nitrogens is 1. The third-order valence-electron chi connectivity index (χ3n) is 2.87. The van der Waals surface area contributed by atoms with Crippen molar-refractivity contribution in [3.8, 4) is 0 Å². The molecule has 1 heterocycles. The number of halogens is 1. The molecule has 1 aromatic heterocycles. The van der Waals surface area contributed by atoms with Gasteiger partial charge in [0.05, 0.1) is 6.04 Å². The van der Waals surface area contributed by atoms with Crippen LogP contribution in [0.5, 0.6) is 0 Å². The molecule has 0 radical (unpaired) electrons. The maximum absolute atomic E-state index is 12.0. The van der Waals surface area contributed by atoms with Gasteiger partial charge in [-0.2, -0.15) is 0 Å². The molecule has 0 saturated carbocycles. The summed E-state index contributed by atoms with van der Waals surface area (Å²) in [6.45, 7) is 1.94. The van der Waals surface area contributed by atoms with E-state index < -0.39 is 0 Å². The highest BCUT2D eigenvalue weighted by atomic mass is 35.5. The van der Waals surface area contributed by atoms with E-state index in [1.54, 1.807) is 10.6 Å². The number of amides is 1. The minimum atomic E-state index is -0.0880. The number of hydrogen-bond donors (Lipinski definition) is 1. The van der Waals surface area contributed by atoms with Crippen LogP contribution in [-0.2, 0) is 7.05 Å². The van der Waals surface area contributed by atoms with Crippen LogP contribution in [0.2, 0.25) is 5.02 Å². The topological polar surface area (TPSA) is 34.0 Å². The van der Waals surface area contributed by atoms with Crippen LogP contribution in [0.1, 0.15) is 29.0 Å². The largest absolute Gasteiger partial charge is 0.347 e. The SMILES string of the molecule is CC(NC(=O)c1cccn1C)c1cccc(Cl)c1. The first-order chi connectivity index (χ1) is 8.58. The van der Waals surface area contributed by atoms with E-state index in [0.29, 0.717) is 10.7 Å². The number of carbonyl (C=O) groups is 1. The van der Waals surface area contributed by atoms with Gasteiger partial charge >= 0.3 is 0 Å². The molecule has 1 N–H and O–H groups in total. The van der Waals surface area contributed by atoms with Gasteiger partial charge in [-0.25, -0.2) is 0 Å². The summed E-state index contributed by atoms with van der Waals surface area (Å²) in [7, 11) is 1.85. The number of carbonyl (C=O) groups excluding carboxylic acids is 1. The van der Waals surface area contributed by atoms with Crippen molar-refractivity contribution in [2.45, 2.75) is 13.0 Å². The summed E-state index contributed by atoms with van der Waals surface area (Å²) >= 11 is 5.93. The molecule has 1 unspecified atom stereocenters. The van der Waals surface area contributed by atoms with Crippen LogP contribution in [0.15, 0.2) is 42.6 Å². The van der Waals surface area contributed by atoms with Gasteiger partial charge in [-0.3, -0.25) is 4.79 Å². The summed E-state index contributed by atoms with van der Waals surface area (Å²) in [4.78, 5) is 12.0. The maximum Gasteiger partial charge on any atom is 0.268 e. The van der Waals surface area contributed by atoms with Gasteiger partial charge in [-0.15, -0.1) is 0 Å². The van der Waals surface area contributed by atoms with Gasteiger partial charge in [0.15, 0.2) is 0 Å². The molecule has 2 aromatic rings. The van der Waals surface area contributed by atoms with Gasteiger partial charge in [-0.05, 0) is 36.8 Å². The average Bonchev–Trinajstić information content (AvgIpc) is 2.75. The predicted molar refractivity (Wildman–Crippen MR) is 72.7 cm³/mol. The third-order valence-corrected chi connectivity index (χ3v) is 3.11. The summed E-state index contributed by atoms with van der Waals surface area (Å²) < 4.78 is 1.79. The first-order valence-electron chi connectivity index (χ1n) is 5.75. The zero-order valence-corrected chi connectivity index (χ0v) is 11.1. The van der Waals surface area contributed by atoms with Crippen molar-refractivity contribution in [3.63, 3.8) is 0 Å². The Morgan fingerprint density at radius 2 is 2.11 bits per heavy atom. The fourth-order valence-corrected chi connectivity index (χ4v) is 2.03. The van der Waals surface area contributed by atoms with Crippen LogP contribution in [0, 0.1) is 0 Å². The molecule has 0 saturated heterocycles. The van der Waals surface area contributed by atoms with Gasteiger partial charge in [0.25, 0.3) is 5.91 Å². The molecule has 1 amide bonds. The van der Waals surface area contributed by atoms with Gasteiger partial charge in [0, 0.05) is 18.3 Å². The highest BCUT2D eigenvalue weighted by molar-refractivity contribution is 6.30. The lowest BCUT2D eigenvalue weighted by molar-refractivity contribution is 0.0931. The summed E-state index contributed by atoms with van der Waals surface area (Å²) in [6, 6.07) is 11.1. The van der Waals surface area contributed by atoms with Crippen LogP contribution < -0.4 is 5.32 Å². The van der Waals surface area contributed by atoms with E-state index in [-0.39, 0.29) is 11.9 Å². The van der Waals surface area contributed by atoms with Crippen molar-refractivity contribution in [2.75, 3.05) is 0 Å². The van der Waals surface area contributed by atoms with Crippen molar-refractivity contribution in [3.05, 3.63) is 58.9 Å². The van der Waals surface area contributed by atoms with Gasteiger partial charge < -0.3 is 9.88 Å². The van der Waals surface area contributed by atoms with Gasteiger partial charge in [-0.1, -0.05) is 23.7 Å². The smallest absolute Gasteiger partial charge is 0.268 e. The first kappa shape index (κ1) is 12.7. The highest BCUT2D eigenvalue weighted by Crippen LogP contribution is 2.17. The van der Waals surface area contributed by atoms with Crippen molar-refractivity contribution < 1.29 is 4.79 Å². The van der Waals surface area contributed by atoms with Crippen LogP contribution in [-0.4, -0.2) is 10.5 Å². The van der Waals surface area contributed by atoms with Crippen LogP contribution >= 0.6 is 11.6 Å². The monoisotopic (exact) mass is 262 g/mol. The van der Waals surface area contributed by atoms with Crippen molar-refractivity contribution in [1.29, 1.82) is 0 Å². The molecule has 1 aromatic carbocycles. The molecule has 0 aliphatic heterocycles. The lowest BCUT2D eigenvalue weighted by atomic mass is 10.1. The second kappa shape index (κ2) is 5.27. The van der Waals surface area contributed by atoms with E-state index in [2.05, 4.69) is 5.32 Å². The number of rotatable bonds is 3. The second-order valence-electron chi connectivity index (χ2n) is 4.25. The Bertz CT molecular complexity index is 562. The molecule has 3 nitrogen and oxygen atoms in total. The summed E-state index contributed by atoms with van der Waals surface area (Å²) in [5.74, 6) is -0.0880. The molecule has 0 fully saturated rings. The lowest BCUT2D eigenvalue weighted by Gasteiger charge is -2.14. The lowest BCUT2D eigenvalue weighted by Crippen LogP contribution is -2.28. The Kier molecular flexibility index (Phi) is 3.72. The number of aryl methyl sites for hydroxylation is 1. The Morgan fingerprint density at radius 1 is 1.33 bits per heavy atom. The van der Waals surface area contributed by atoms with Crippen molar-refractivity contribution in [2.24, 2.45) is 7.05 Å². The fraction of sp³-hybridized carbons (Fsp3) is 0.214. The van der Waals surface area contributed by atoms with E-state index in [1.165, 1.54) is 0 Å². The normalized spacial score (nSPS) is 12.2. The minimum absolute atomic E-state index is 0.0777. The fourth-order valence-electron chi connectivity index (χ4n) is 1.83. The number of hydrogen-bond acceptors (Lipinski definition) is 1. The summed E-state index contributed by atoms with van der Waals surface area (Å²) in [5, 5.41) is 3.62. The molecule has 0 spiro atoms. The quantitative estimate of drug-likeness (QED) is 0.906. The van der Waals surface area contributed by atoms with Crippen molar-refractivity contribution >= 4 is 17.5 Å². The molecule has 94 valence electrons. The third kappa shape index (κ3) is 2.74. The second-order valence-corrected chi connectivity index (χ2v) is 4.69. The molecule has 4 heteroatoms. The molecule has 0 aliphatic carbocycles. The molecule has 18 heavy (non-hydrogen) atoms. The standard InChI is InChI=1S/C14H15ClN2O/c1-10(11-5-3-6-12(15)9-11)16-14(18)13-7-4-8-17(13)2/h3-10H,1-2H3,(H,16,18). The summed E-state index contributed by atoms with van der Waals surface area (Å²) in [6.07, 6.45) is 1.85. The minimum Gasteiger partial charge on any atom is -0.347 e. The first-order valence-corrected chi connectivity index (χ1v) is 6.13. The van der Waals surface area contributed by atoms with Crippen LogP contribution in [0.3, 0.4) is 0 Å².